The van der Waals surface area contributed by atoms with Crippen LogP contribution in [0.4, 0.5) is 0 Å². The summed E-state index contributed by atoms with van der Waals surface area (Å²) >= 11 is 1.62. The van der Waals surface area contributed by atoms with Crippen molar-refractivity contribution in [3.05, 3.63) is 20.0 Å². The Hall–Kier alpha value is 1.16. The zero-order valence-corrected chi connectivity index (χ0v) is 15.6. The van der Waals surface area contributed by atoms with Crippen molar-refractivity contribution in [1.29, 1.82) is 0 Å². The van der Waals surface area contributed by atoms with Crippen LogP contribution in [0.5, 0.6) is 0 Å². The molecule has 0 aromatic rings. The molecule has 1 unspecified atom stereocenters. The van der Waals surface area contributed by atoms with E-state index in [0.717, 1.165) is 0 Å². The molecule has 0 amide bonds. The average molecular weight is 344 g/mol. The maximum atomic E-state index is 2.47. The topological polar surface area (TPSA) is 0 Å². The molecule has 0 saturated carbocycles. The molecule has 0 N–H and O–H groups in total. The van der Waals surface area contributed by atoms with Gasteiger partial charge in [-0.15, -0.1) is 24.8 Å². The summed E-state index contributed by atoms with van der Waals surface area (Å²) in [5.74, 6) is 0. The fourth-order valence-corrected chi connectivity index (χ4v) is 7.08. The van der Waals surface area contributed by atoms with Crippen LogP contribution in [0.15, 0.2) is 20.0 Å². The van der Waals surface area contributed by atoms with E-state index < -0.39 is 8.80 Å². The first kappa shape index (κ1) is 18.5. The molecule has 0 bridgehead atoms. The Morgan fingerprint density at radius 3 is 1.53 bits per heavy atom. The number of rotatable bonds is 1. The van der Waals surface area contributed by atoms with Crippen LogP contribution in [0.1, 0.15) is 27.7 Å². The van der Waals surface area contributed by atoms with Gasteiger partial charge in [-0.3, -0.25) is 0 Å². The molecule has 0 aromatic carbocycles. The van der Waals surface area contributed by atoms with Crippen molar-refractivity contribution < 1.29 is 24.7 Å². The second-order valence-electron chi connectivity index (χ2n) is 4.61. The number of hydrogen-bond acceptors (Lipinski definition) is 0. The van der Waals surface area contributed by atoms with Crippen LogP contribution in [0.25, 0.3) is 0 Å². The van der Waals surface area contributed by atoms with Crippen molar-refractivity contribution >= 4 is 33.6 Å². The summed E-state index contributed by atoms with van der Waals surface area (Å²) in [7, 11) is -0.624. The number of allylic oxidation sites excluding steroid dienone is 4. The molecule has 0 radical (unpaired) electrons. The third kappa shape index (κ3) is 2.70. The fourth-order valence-electron chi connectivity index (χ4n) is 2.16. The Kier molecular flexibility index (Phi) is 7.64. The van der Waals surface area contributed by atoms with E-state index in [0.29, 0.717) is 5.04 Å². The van der Waals surface area contributed by atoms with E-state index in [2.05, 4.69) is 40.8 Å². The quantitative estimate of drug-likeness (QED) is 0.625. The molecule has 4 heteroatoms. The normalized spacial score (nSPS) is 25.5. The summed E-state index contributed by atoms with van der Waals surface area (Å²) in [4.78, 5) is 0. The summed E-state index contributed by atoms with van der Waals surface area (Å²) in [5.41, 5.74) is 4.80. The molecule has 0 heterocycles. The van der Waals surface area contributed by atoms with E-state index in [1.54, 1.807) is 44.7 Å². The molecule has 15 heavy (non-hydrogen) atoms. The third-order valence-electron chi connectivity index (χ3n) is 3.95. The Labute approximate surface area is 123 Å². The van der Waals surface area contributed by atoms with Crippen molar-refractivity contribution in [3.63, 3.8) is 0 Å². The summed E-state index contributed by atoms with van der Waals surface area (Å²) < 4.78 is 1.72. The van der Waals surface area contributed by atoms with Gasteiger partial charge in [0.25, 0.3) is 0 Å². The Morgan fingerprint density at radius 2 is 1.40 bits per heavy atom. The van der Waals surface area contributed by atoms with E-state index in [1.807, 2.05) is 0 Å². The van der Waals surface area contributed by atoms with Crippen molar-refractivity contribution in [2.24, 2.45) is 0 Å². The van der Waals surface area contributed by atoms with Gasteiger partial charge in [0.2, 0.25) is 0 Å². The van der Waals surface area contributed by atoms with Crippen LogP contribution in [0.3, 0.4) is 0 Å². The first-order valence-electron chi connectivity index (χ1n) is 4.94. The average Bonchev–Trinajstić information content (AvgIpc) is 2.22. The monoisotopic (exact) mass is 341 g/mol. The number of halogens is 2. The Bertz CT molecular complexity index is 282. The first-order chi connectivity index (χ1) is 5.83. The molecule has 0 aromatic heterocycles. The minimum Gasteiger partial charge on any atom is -0.147 e. The van der Waals surface area contributed by atoms with E-state index >= 15 is 0 Å². The van der Waals surface area contributed by atoms with E-state index in [9.17, 15) is 0 Å². The van der Waals surface area contributed by atoms with Crippen LogP contribution >= 0.6 is 24.8 Å². The van der Waals surface area contributed by atoms with Crippen molar-refractivity contribution in [2.45, 2.75) is 45.8 Å². The summed E-state index contributed by atoms with van der Waals surface area (Å²) in [5, 5.41) is 0.493. The van der Waals surface area contributed by atoms with Crippen molar-refractivity contribution in [3.8, 4) is 0 Å². The van der Waals surface area contributed by atoms with Gasteiger partial charge in [-0.25, -0.2) is 0 Å². The molecule has 1 aliphatic rings. The molecule has 1 rings (SSSR count). The predicted octanol–water partition coefficient (Wildman–Crippen LogP) is 4.25. The molecular formula is C11H21Cl2SiZr. The first-order valence-corrected chi connectivity index (χ1v) is 9.06. The summed E-state index contributed by atoms with van der Waals surface area (Å²) in [6, 6.07) is 0. The molecule has 1 atom stereocenters. The molecule has 0 fully saturated rings. The SMILES string of the molecule is CC1=C(C)C(C)([SiH](C)C)[C]([Zr])=C1C.Cl.Cl. The van der Waals surface area contributed by atoms with Crippen LogP contribution in [-0.2, 0) is 24.7 Å². The standard InChI is InChI=1S/C11H19Si.2ClH.Zr/c1-8-7-11(4,12(5)6)10(3)9(8)2;;;/h12H,1-6H3;2*1H;. The Balaban J connectivity index is 0. The third-order valence-corrected chi connectivity index (χ3v) is 9.89. The second-order valence-corrected chi connectivity index (χ2v) is 9.30. The van der Waals surface area contributed by atoms with Gasteiger partial charge in [-0.05, 0) is 0 Å². The van der Waals surface area contributed by atoms with Gasteiger partial charge in [0.15, 0.2) is 0 Å². The predicted molar refractivity (Wildman–Crippen MR) is 72.8 cm³/mol. The minimum absolute atomic E-state index is 0. The van der Waals surface area contributed by atoms with Gasteiger partial charge in [-0.1, -0.05) is 0 Å². The second kappa shape index (κ2) is 6.19. The van der Waals surface area contributed by atoms with Crippen molar-refractivity contribution in [2.75, 3.05) is 0 Å². The van der Waals surface area contributed by atoms with Crippen LogP contribution in [-0.4, -0.2) is 8.80 Å². The van der Waals surface area contributed by atoms with Crippen LogP contribution < -0.4 is 0 Å². The fraction of sp³-hybridized carbons (Fsp3) is 0.636. The zero-order valence-electron chi connectivity index (χ0n) is 10.4. The van der Waals surface area contributed by atoms with E-state index in [-0.39, 0.29) is 24.8 Å². The summed E-state index contributed by atoms with van der Waals surface area (Å²) in [6.07, 6.45) is 0. The largest absolute Gasteiger partial charge is 0.147 e. The zero-order chi connectivity index (χ0) is 10.4. The van der Waals surface area contributed by atoms with E-state index in [4.69, 9.17) is 0 Å². The molecule has 0 aliphatic heterocycles. The van der Waals surface area contributed by atoms with Gasteiger partial charge in [0.05, 0.1) is 0 Å². The molecule has 0 saturated heterocycles. The van der Waals surface area contributed by atoms with Gasteiger partial charge in [0.1, 0.15) is 0 Å². The van der Waals surface area contributed by atoms with Crippen LogP contribution in [0, 0.1) is 0 Å². The summed E-state index contributed by atoms with van der Waals surface area (Å²) in [6.45, 7) is 14.3. The minimum atomic E-state index is -0.624. The van der Waals surface area contributed by atoms with Gasteiger partial charge in [0, 0.05) is 0 Å². The van der Waals surface area contributed by atoms with Gasteiger partial charge in [-0.2, -0.15) is 0 Å². The van der Waals surface area contributed by atoms with Crippen molar-refractivity contribution in [1.82, 2.24) is 0 Å². The maximum Gasteiger partial charge on any atom is -0.147 e. The molecular weight excluding hydrogens is 322 g/mol. The van der Waals surface area contributed by atoms with Gasteiger partial charge < -0.3 is 0 Å². The molecule has 87 valence electrons. The molecule has 0 spiro atoms. The maximum absolute atomic E-state index is 2.47. The molecule has 0 nitrogen and oxygen atoms in total. The van der Waals surface area contributed by atoms with Gasteiger partial charge >= 0.3 is 99.3 Å². The smallest absolute Gasteiger partial charge is 0.147 e. The Morgan fingerprint density at radius 1 is 1.00 bits per heavy atom. The molecule has 1 aliphatic carbocycles. The van der Waals surface area contributed by atoms with Crippen LogP contribution in [0.2, 0.25) is 18.1 Å². The number of hydrogen-bond donors (Lipinski definition) is 0. The van der Waals surface area contributed by atoms with E-state index in [1.165, 1.54) is 0 Å².